The van der Waals surface area contributed by atoms with E-state index in [4.69, 9.17) is 14.2 Å². The molecule has 1 aliphatic carbocycles. The monoisotopic (exact) mass is 348 g/mol. The van der Waals surface area contributed by atoms with Crippen LogP contribution < -0.4 is 4.74 Å². The molecule has 1 aromatic carbocycles. The first-order chi connectivity index (χ1) is 11.6. The number of methoxy groups -OCH3 is 2. The summed E-state index contributed by atoms with van der Waals surface area (Å²) in [5.74, 6) is -2.66. The number of carbonyl (C=O) groups is 2. The van der Waals surface area contributed by atoms with E-state index in [1.54, 1.807) is 13.8 Å². The number of phenols is 2. The topological polar surface area (TPSA) is 102 Å². The van der Waals surface area contributed by atoms with E-state index in [9.17, 15) is 19.8 Å². The molecule has 0 amide bonds. The number of fused-ring (bicyclic) bond motifs is 3. The Morgan fingerprint density at radius 1 is 1.28 bits per heavy atom. The molecule has 7 heteroatoms. The molecule has 0 radical (unpaired) electrons. The van der Waals surface area contributed by atoms with E-state index in [1.807, 2.05) is 0 Å². The van der Waals surface area contributed by atoms with E-state index in [-0.39, 0.29) is 40.4 Å². The highest BCUT2D eigenvalue weighted by Crippen LogP contribution is 2.60. The van der Waals surface area contributed by atoms with Crippen molar-refractivity contribution in [2.45, 2.75) is 38.4 Å². The van der Waals surface area contributed by atoms with Crippen molar-refractivity contribution in [2.24, 2.45) is 0 Å². The van der Waals surface area contributed by atoms with Gasteiger partial charge in [-0.1, -0.05) is 0 Å². The van der Waals surface area contributed by atoms with Gasteiger partial charge in [0.25, 0.3) is 0 Å². The maximum absolute atomic E-state index is 12.9. The number of carbonyl (C=O) groups excluding carboxylic acids is 2. The van der Waals surface area contributed by atoms with Gasteiger partial charge in [0.05, 0.1) is 19.1 Å². The van der Waals surface area contributed by atoms with Crippen LogP contribution in [0.15, 0.2) is 11.8 Å². The highest BCUT2D eigenvalue weighted by Gasteiger charge is 2.66. The van der Waals surface area contributed by atoms with Gasteiger partial charge < -0.3 is 24.4 Å². The first-order valence-corrected chi connectivity index (χ1v) is 7.77. The number of hydrogen-bond acceptors (Lipinski definition) is 7. The smallest absolute Gasteiger partial charge is 0.234 e. The van der Waals surface area contributed by atoms with Crippen LogP contribution in [0.4, 0.5) is 0 Å². The Morgan fingerprint density at radius 3 is 2.44 bits per heavy atom. The van der Waals surface area contributed by atoms with E-state index in [0.29, 0.717) is 5.76 Å². The lowest BCUT2D eigenvalue weighted by molar-refractivity contribution is -0.199. The molecule has 7 nitrogen and oxygen atoms in total. The summed E-state index contributed by atoms with van der Waals surface area (Å²) in [4.78, 5) is 24.9. The predicted octanol–water partition coefficient (Wildman–Crippen LogP) is 2.10. The number of aromatic hydroxyl groups is 2. The highest BCUT2D eigenvalue weighted by atomic mass is 16.7. The Labute approximate surface area is 144 Å². The Morgan fingerprint density at radius 2 is 1.92 bits per heavy atom. The summed E-state index contributed by atoms with van der Waals surface area (Å²) in [7, 11) is 2.84. The number of ketones is 2. The van der Waals surface area contributed by atoms with E-state index in [1.165, 1.54) is 27.2 Å². The molecule has 0 unspecified atom stereocenters. The summed E-state index contributed by atoms with van der Waals surface area (Å²) in [5.41, 5.74) is -1.23. The fraction of sp³-hybridized carbons (Fsp3) is 0.444. The van der Waals surface area contributed by atoms with Crippen LogP contribution in [0.5, 0.6) is 17.2 Å². The fourth-order valence-electron chi connectivity index (χ4n) is 3.75. The van der Waals surface area contributed by atoms with Gasteiger partial charge in [0, 0.05) is 18.7 Å². The molecule has 2 N–H and O–H groups in total. The van der Waals surface area contributed by atoms with Crippen LogP contribution in [-0.2, 0) is 19.7 Å². The van der Waals surface area contributed by atoms with Crippen molar-refractivity contribution in [3.63, 3.8) is 0 Å². The molecule has 0 saturated heterocycles. The van der Waals surface area contributed by atoms with Crippen LogP contribution >= 0.6 is 0 Å². The summed E-state index contributed by atoms with van der Waals surface area (Å²) in [6.45, 7) is 4.38. The van der Waals surface area contributed by atoms with E-state index < -0.39 is 22.7 Å². The number of phenolic OH excluding ortho intramolecular Hbond substituents is 2. The van der Waals surface area contributed by atoms with Crippen molar-refractivity contribution < 1.29 is 34.0 Å². The standard InChI is InChI=1S/C18H20O7/c1-8-14(21)12(9(2)19)15(22)13-16(8)25-18(24-5)7-10(23-4)6-11(20)17(13,18)3/h6,21-22H,7H2,1-5H3/t17-,18-/m0/s1. The van der Waals surface area contributed by atoms with Crippen molar-refractivity contribution in [2.75, 3.05) is 14.2 Å². The largest absolute Gasteiger partial charge is 0.507 e. The van der Waals surface area contributed by atoms with E-state index in [2.05, 4.69) is 0 Å². The van der Waals surface area contributed by atoms with Crippen LogP contribution in [0.2, 0.25) is 0 Å². The zero-order valence-corrected chi connectivity index (χ0v) is 14.7. The Bertz CT molecular complexity index is 839. The zero-order chi connectivity index (χ0) is 18.7. The van der Waals surface area contributed by atoms with Crippen molar-refractivity contribution >= 4 is 11.6 Å². The number of Topliss-reactive ketones (excluding diaryl/α,β-unsaturated/α-hetero) is 1. The lowest BCUT2D eigenvalue weighted by atomic mass is 9.67. The van der Waals surface area contributed by atoms with Crippen molar-refractivity contribution in [3.05, 3.63) is 28.5 Å². The predicted molar refractivity (Wildman–Crippen MR) is 86.9 cm³/mol. The average Bonchev–Trinajstić information content (AvgIpc) is 2.83. The summed E-state index contributed by atoms with van der Waals surface area (Å²) in [6.07, 6.45) is 1.47. The second kappa shape index (κ2) is 5.23. The number of rotatable bonds is 3. The lowest BCUT2D eigenvalue weighted by Crippen LogP contribution is -2.57. The van der Waals surface area contributed by atoms with Gasteiger partial charge in [0.15, 0.2) is 11.6 Å². The van der Waals surface area contributed by atoms with Crippen molar-refractivity contribution in [3.8, 4) is 17.2 Å². The molecule has 3 rings (SSSR count). The molecular formula is C18H20O7. The third-order valence-electron chi connectivity index (χ3n) is 5.30. The summed E-state index contributed by atoms with van der Waals surface area (Å²) in [5, 5.41) is 21.0. The molecule has 0 aromatic heterocycles. The minimum Gasteiger partial charge on any atom is -0.507 e. The molecule has 1 aromatic rings. The third-order valence-corrected chi connectivity index (χ3v) is 5.30. The molecule has 2 aliphatic rings. The summed E-state index contributed by atoms with van der Waals surface area (Å²) in [6, 6.07) is 0. The molecule has 1 aliphatic heterocycles. The molecule has 0 fully saturated rings. The van der Waals surface area contributed by atoms with Crippen molar-refractivity contribution in [1.82, 2.24) is 0 Å². The second-order valence-electron chi connectivity index (χ2n) is 6.50. The zero-order valence-electron chi connectivity index (χ0n) is 14.7. The molecule has 0 spiro atoms. The molecule has 0 bridgehead atoms. The third kappa shape index (κ3) is 1.90. The van der Waals surface area contributed by atoms with Crippen LogP contribution in [0.1, 0.15) is 41.8 Å². The van der Waals surface area contributed by atoms with E-state index >= 15 is 0 Å². The van der Waals surface area contributed by atoms with Crippen LogP contribution in [-0.4, -0.2) is 41.8 Å². The number of hydrogen-bond donors (Lipinski definition) is 2. The quantitative estimate of drug-likeness (QED) is 0.807. The first kappa shape index (κ1) is 17.3. The summed E-state index contributed by atoms with van der Waals surface area (Å²) >= 11 is 0. The Kier molecular flexibility index (Phi) is 3.61. The Hall–Kier alpha value is -2.54. The second-order valence-corrected chi connectivity index (χ2v) is 6.50. The maximum atomic E-state index is 12.9. The minimum absolute atomic E-state index is 0.131. The first-order valence-electron chi connectivity index (χ1n) is 7.77. The minimum atomic E-state index is -1.45. The number of allylic oxidation sites excluding steroid dienone is 1. The Balaban J connectivity index is 2.40. The van der Waals surface area contributed by atoms with Crippen LogP contribution in [0.25, 0.3) is 0 Å². The van der Waals surface area contributed by atoms with Crippen molar-refractivity contribution in [1.29, 1.82) is 0 Å². The molecule has 2 atom stereocenters. The van der Waals surface area contributed by atoms with Gasteiger partial charge in [-0.15, -0.1) is 0 Å². The molecular weight excluding hydrogens is 328 g/mol. The average molecular weight is 348 g/mol. The van der Waals surface area contributed by atoms with Gasteiger partial charge in [-0.25, -0.2) is 0 Å². The molecule has 0 saturated carbocycles. The van der Waals surface area contributed by atoms with Crippen LogP contribution in [0, 0.1) is 6.92 Å². The lowest BCUT2D eigenvalue weighted by Gasteiger charge is -2.42. The molecule has 25 heavy (non-hydrogen) atoms. The SMILES string of the molecule is COC1=CC(=O)[C@@]2(C)c3c(O)c(C(C)=O)c(O)c(C)c3O[C@@]2(OC)C1. The molecule has 1 heterocycles. The number of benzene rings is 1. The maximum Gasteiger partial charge on any atom is 0.234 e. The van der Waals surface area contributed by atoms with Gasteiger partial charge in [0.2, 0.25) is 5.79 Å². The van der Waals surface area contributed by atoms with Gasteiger partial charge >= 0.3 is 0 Å². The number of ether oxygens (including phenoxy) is 3. The molecule has 134 valence electrons. The van der Waals surface area contributed by atoms with Gasteiger partial charge in [-0.3, -0.25) is 9.59 Å². The van der Waals surface area contributed by atoms with Crippen LogP contribution in [0.3, 0.4) is 0 Å². The van der Waals surface area contributed by atoms with E-state index in [0.717, 1.165) is 0 Å². The summed E-state index contributed by atoms with van der Waals surface area (Å²) < 4.78 is 16.8. The van der Waals surface area contributed by atoms with Gasteiger partial charge in [-0.2, -0.15) is 0 Å². The fourth-order valence-corrected chi connectivity index (χ4v) is 3.75. The van der Waals surface area contributed by atoms with Gasteiger partial charge in [0.1, 0.15) is 34.0 Å². The highest BCUT2D eigenvalue weighted by molar-refractivity contribution is 6.06. The van der Waals surface area contributed by atoms with Gasteiger partial charge in [-0.05, 0) is 20.8 Å². The normalized spacial score (nSPS) is 27.2.